The molecule has 1 saturated heterocycles. The van der Waals surface area contributed by atoms with Gasteiger partial charge in [0.2, 0.25) is 0 Å². The van der Waals surface area contributed by atoms with Crippen LogP contribution in [-0.2, 0) is 11.3 Å². The number of nitrogens with one attached hydrogen (secondary N) is 1. The van der Waals surface area contributed by atoms with Crippen molar-refractivity contribution in [2.24, 2.45) is 0 Å². The van der Waals surface area contributed by atoms with E-state index in [2.05, 4.69) is 42.9 Å². The Labute approximate surface area is 113 Å². The van der Waals surface area contributed by atoms with Crippen molar-refractivity contribution < 1.29 is 4.74 Å². The van der Waals surface area contributed by atoms with E-state index >= 15 is 0 Å². The Morgan fingerprint density at radius 3 is 3.00 bits per heavy atom. The van der Waals surface area contributed by atoms with Gasteiger partial charge in [-0.15, -0.1) is 11.3 Å². The highest BCUT2D eigenvalue weighted by Gasteiger charge is 2.21. The van der Waals surface area contributed by atoms with Crippen LogP contribution in [0.25, 0.3) is 0 Å². The first kappa shape index (κ1) is 13.8. The van der Waals surface area contributed by atoms with Gasteiger partial charge in [0, 0.05) is 29.7 Å². The molecular formula is C13H23N3OS. The fourth-order valence-corrected chi connectivity index (χ4v) is 2.85. The van der Waals surface area contributed by atoms with Crippen molar-refractivity contribution in [2.75, 3.05) is 24.7 Å². The van der Waals surface area contributed by atoms with E-state index in [0.29, 0.717) is 6.04 Å². The Hall–Kier alpha value is -0.650. The SMILES string of the molecule is CC1COCCN1c1ncc(CNC(C)(C)C)s1. The van der Waals surface area contributed by atoms with Crippen molar-refractivity contribution in [1.82, 2.24) is 10.3 Å². The Bertz CT molecular complexity index is 386. The summed E-state index contributed by atoms with van der Waals surface area (Å²) in [6.07, 6.45) is 1.99. The zero-order chi connectivity index (χ0) is 13.2. The van der Waals surface area contributed by atoms with Crippen LogP contribution in [0, 0.1) is 0 Å². The standard InChI is InChI=1S/C13H23N3OS/c1-10-9-17-6-5-16(10)12-14-7-11(18-12)8-15-13(2,3)4/h7,10,15H,5-6,8-9H2,1-4H3. The summed E-state index contributed by atoms with van der Waals surface area (Å²) in [5.74, 6) is 0. The quantitative estimate of drug-likeness (QED) is 0.913. The second kappa shape index (κ2) is 5.55. The van der Waals surface area contributed by atoms with Gasteiger partial charge in [0.25, 0.3) is 0 Å². The molecule has 1 fully saturated rings. The molecule has 1 unspecified atom stereocenters. The van der Waals surface area contributed by atoms with Crippen LogP contribution in [0.3, 0.4) is 0 Å². The van der Waals surface area contributed by atoms with E-state index in [0.717, 1.165) is 31.4 Å². The van der Waals surface area contributed by atoms with Crippen LogP contribution in [0.1, 0.15) is 32.6 Å². The van der Waals surface area contributed by atoms with Crippen molar-refractivity contribution in [3.63, 3.8) is 0 Å². The topological polar surface area (TPSA) is 37.4 Å². The van der Waals surface area contributed by atoms with Crippen LogP contribution in [-0.4, -0.2) is 36.3 Å². The maximum Gasteiger partial charge on any atom is 0.185 e. The summed E-state index contributed by atoms with van der Waals surface area (Å²) in [6, 6.07) is 0.424. The van der Waals surface area contributed by atoms with Crippen molar-refractivity contribution in [1.29, 1.82) is 0 Å². The van der Waals surface area contributed by atoms with Crippen LogP contribution in [0.15, 0.2) is 6.20 Å². The second-order valence-corrected chi connectivity index (χ2v) is 6.92. The molecular weight excluding hydrogens is 246 g/mol. The molecule has 2 heterocycles. The molecule has 1 aliphatic heterocycles. The van der Waals surface area contributed by atoms with Crippen molar-refractivity contribution in [2.45, 2.75) is 45.8 Å². The summed E-state index contributed by atoms with van der Waals surface area (Å²) in [6.45, 7) is 12.2. The molecule has 102 valence electrons. The Balaban J connectivity index is 1.97. The zero-order valence-electron chi connectivity index (χ0n) is 11.7. The van der Waals surface area contributed by atoms with E-state index in [1.807, 2.05) is 6.20 Å². The maximum absolute atomic E-state index is 5.46. The largest absolute Gasteiger partial charge is 0.377 e. The number of morpholine rings is 1. The fraction of sp³-hybridized carbons (Fsp3) is 0.769. The summed E-state index contributed by atoms with van der Waals surface area (Å²) in [7, 11) is 0. The van der Waals surface area contributed by atoms with Gasteiger partial charge in [0.15, 0.2) is 5.13 Å². The molecule has 1 atom stereocenters. The average Bonchev–Trinajstić information content (AvgIpc) is 2.75. The normalized spacial score (nSPS) is 21.3. The lowest BCUT2D eigenvalue weighted by molar-refractivity contribution is 0.0989. The second-order valence-electron chi connectivity index (χ2n) is 5.83. The number of thiazole rings is 1. The molecule has 0 aliphatic carbocycles. The van der Waals surface area contributed by atoms with Crippen LogP contribution in [0.5, 0.6) is 0 Å². The van der Waals surface area contributed by atoms with E-state index < -0.39 is 0 Å². The summed E-state index contributed by atoms with van der Waals surface area (Å²) in [5, 5.41) is 4.61. The third-order valence-corrected chi connectivity index (χ3v) is 3.98. The van der Waals surface area contributed by atoms with Crippen molar-refractivity contribution in [3.05, 3.63) is 11.1 Å². The van der Waals surface area contributed by atoms with E-state index in [-0.39, 0.29) is 5.54 Å². The average molecular weight is 269 g/mol. The number of aromatic nitrogens is 1. The minimum Gasteiger partial charge on any atom is -0.377 e. The minimum atomic E-state index is 0.149. The van der Waals surface area contributed by atoms with Gasteiger partial charge in [0.05, 0.1) is 19.3 Å². The van der Waals surface area contributed by atoms with Gasteiger partial charge in [-0.25, -0.2) is 4.98 Å². The molecule has 4 nitrogen and oxygen atoms in total. The van der Waals surface area contributed by atoms with E-state index in [9.17, 15) is 0 Å². The van der Waals surface area contributed by atoms with E-state index in [1.54, 1.807) is 11.3 Å². The van der Waals surface area contributed by atoms with Gasteiger partial charge < -0.3 is 15.0 Å². The molecule has 0 saturated carbocycles. The van der Waals surface area contributed by atoms with Gasteiger partial charge in [-0.2, -0.15) is 0 Å². The van der Waals surface area contributed by atoms with Crippen LogP contribution < -0.4 is 10.2 Å². The molecule has 0 bridgehead atoms. The number of nitrogens with zero attached hydrogens (tertiary/aromatic N) is 2. The van der Waals surface area contributed by atoms with Crippen molar-refractivity contribution in [3.8, 4) is 0 Å². The molecule has 1 aromatic heterocycles. The zero-order valence-corrected chi connectivity index (χ0v) is 12.5. The van der Waals surface area contributed by atoms with E-state index in [1.165, 1.54) is 4.88 Å². The highest BCUT2D eigenvalue weighted by molar-refractivity contribution is 7.15. The summed E-state index contributed by atoms with van der Waals surface area (Å²) >= 11 is 1.78. The van der Waals surface area contributed by atoms with Crippen LogP contribution in [0.4, 0.5) is 5.13 Å². The van der Waals surface area contributed by atoms with E-state index in [4.69, 9.17) is 4.74 Å². The third kappa shape index (κ3) is 3.67. The molecule has 0 amide bonds. The van der Waals surface area contributed by atoms with Crippen LogP contribution in [0.2, 0.25) is 0 Å². The summed E-state index contributed by atoms with van der Waals surface area (Å²) in [4.78, 5) is 8.17. The Morgan fingerprint density at radius 2 is 2.33 bits per heavy atom. The first-order valence-corrected chi connectivity index (χ1v) is 7.31. The third-order valence-electron chi connectivity index (χ3n) is 2.95. The summed E-state index contributed by atoms with van der Waals surface area (Å²) < 4.78 is 5.46. The Morgan fingerprint density at radius 1 is 1.56 bits per heavy atom. The van der Waals surface area contributed by atoms with Gasteiger partial charge in [0.1, 0.15) is 0 Å². The number of hydrogen-bond acceptors (Lipinski definition) is 5. The lowest BCUT2D eigenvalue weighted by atomic mass is 10.1. The van der Waals surface area contributed by atoms with Crippen LogP contribution >= 0.6 is 11.3 Å². The molecule has 1 aliphatic rings. The smallest absolute Gasteiger partial charge is 0.185 e. The van der Waals surface area contributed by atoms with Gasteiger partial charge >= 0.3 is 0 Å². The van der Waals surface area contributed by atoms with Gasteiger partial charge in [-0.05, 0) is 27.7 Å². The molecule has 2 rings (SSSR count). The number of ether oxygens (including phenoxy) is 1. The summed E-state index contributed by atoms with van der Waals surface area (Å²) in [5.41, 5.74) is 0.149. The number of anilines is 1. The number of hydrogen-bond donors (Lipinski definition) is 1. The predicted octanol–water partition coefficient (Wildman–Crippen LogP) is 2.26. The predicted molar refractivity (Wildman–Crippen MR) is 76.3 cm³/mol. The Kier molecular flexibility index (Phi) is 4.25. The first-order valence-electron chi connectivity index (χ1n) is 6.50. The molecule has 18 heavy (non-hydrogen) atoms. The lowest BCUT2D eigenvalue weighted by Crippen LogP contribution is -2.43. The lowest BCUT2D eigenvalue weighted by Gasteiger charge is -2.32. The van der Waals surface area contributed by atoms with Gasteiger partial charge in [-0.1, -0.05) is 0 Å². The molecule has 1 N–H and O–H groups in total. The fourth-order valence-electron chi connectivity index (χ4n) is 1.88. The maximum atomic E-state index is 5.46. The van der Waals surface area contributed by atoms with Gasteiger partial charge in [-0.3, -0.25) is 0 Å². The first-order chi connectivity index (χ1) is 8.46. The highest BCUT2D eigenvalue weighted by Crippen LogP contribution is 2.25. The molecule has 0 aromatic carbocycles. The van der Waals surface area contributed by atoms with Crippen molar-refractivity contribution >= 4 is 16.5 Å². The molecule has 0 radical (unpaired) electrons. The molecule has 1 aromatic rings. The monoisotopic (exact) mass is 269 g/mol. The minimum absolute atomic E-state index is 0.149. The molecule has 0 spiro atoms. The number of rotatable bonds is 3. The molecule has 5 heteroatoms. The highest BCUT2D eigenvalue weighted by atomic mass is 32.1.